The number of halogens is 1. The van der Waals surface area contributed by atoms with Crippen LogP contribution in [0.3, 0.4) is 0 Å². The second kappa shape index (κ2) is 10.5. The number of anilines is 2. The molecule has 0 saturated carbocycles. The van der Waals surface area contributed by atoms with Gasteiger partial charge in [0.05, 0.1) is 10.6 Å². The molecule has 0 aliphatic heterocycles. The first kappa shape index (κ1) is 25.2. The molecule has 3 N–H and O–H groups in total. The summed E-state index contributed by atoms with van der Waals surface area (Å²) in [4.78, 5) is 55.7. The monoisotopic (exact) mass is 463 g/mol. The smallest absolute Gasteiger partial charge is 0.330 e. The Morgan fingerprint density at radius 3 is 2.31 bits per heavy atom. The van der Waals surface area contributed by atoms with Crippen molar-refractivity contribution in [3.05, 3.63) is 55.7 Å². The first-order valence-electron chi connectivity index (χ1n) is 10.4. The average molecular weight is 464 g/mol. The number of aromatic nitrogens is 2. The Morgan fingerprint density at radius 2 is 1.75 bits per heavy atom. The van der Waals surface area contributed by atoms with Gasteiger partial charge < -0.3 is 15.5 Å². The lowest BCUT2D eigenvalue weighted by molar-refractivity contribution is -0.119. The number of likely N-dealkylation sites (N-methyl/N-ethyl adjacent to an activating group) is 1. The third-order valence-corrected chi connectivity index (χ3v) is 5.03. The van der Waals surface area contributed by atoms with Gasteiger partial charge in [-0.05, 0) is 24.0 Å². The minimum Gasteiger partial charge on any atom is -0.383 e. The molecule has 32 heavy (non-hydrogen) atoms. The van der Waals surface area contributed by atoms with E-state index in [9.17, 15) is 19.2 Å². The number of carbonyl (C=O) groups excluding carboxylic acids is 2. The number of nitrogens with one attached hydrogen (secondary N) is 1. The van der Waals surface area contributed by atoms with E-state index in [1.165, 1.54) is 21.4 Å². The summed E-state index contributed by atoms with van der Waals surface area (Å²) in [6, 6.07) is 6.55. The highest BCUT2D eigenvalue weighted by atomic mass is 35.5. The first-order valence-corrected chi connectivity index (χ1v) is 10.7. The van der Waals surface area contributed by atoms with Crippen molar-refractivity contribution in [2.45, 2.75) is 34.2 Å². The molecule has 2 aromatic rings. The summed E-state index contributed by atoms with van der Waals surface area (Å²) in [5, 5.41) is 0.275. The van der Waals surface area contributed by atoms with Crippen LogP contribution in [-0.2, 0) is 11.3 Å². The summed E-state index contributed by atoms with van der Waals surface area (Å²) in [6.07, 6.45) is 0. The van der Waals surface area contributed by atoms with Crippen LogP contribution >= 0.6 is 11.6 Å². The van der Waals surface area contributed by atoms with Crippen LogP contribution < -0.4 is 21.9 Å². The van der Waals surface area contributed by atoms with Crippen LogP contribution in [0.25, 0.3) is 0 Å². The fourth-order valence-corrected chi connectivity index (χ4v) is 3.48. The van der Waals surface area contributed by atoms with E-state index < -0.39 is 23.1 Å². The van der Waals surface area contributed by atoms with E-state index in [0.29, 0.717) is 0 Å². The number of nitrogens with zero attached hydrogens (tertiary/aromatic N) is 3. The van der Waals surface area contributed by atoms with Gasteiger partial charge in [0.2, 0.25) is 5.91 Å². The maximum absolute atomic E-state index is 13.2. The zero-order chi connectivity index (χ0) is 24.2. The number of aromatic amines is 1. The van der Waals surface area contributed by atoms with Crippen molar-refractivity contribution in [1.82, 2.24) is 14.5 Å². The van der Waals surface area contributed by atoms with E-state index >= 15 is 0 Å². The minimum absolute atomic E-state index is 0.00666. The number of H-pyrrole nitrogens is 1. The molecule has 1 heterocycles. The van der Waals surface area contributed by atoms with Crippen LogP contribution in [0.2, 0.25) is 5.02 Å². The molecule has 0 saturated heterocycles. The standard InChI is InChI=1S/C22H30ClN5O4/c1-13(2)10-27(18-19(24)28(11-14(3)4)22(32)25-20(18)30)17(29)12-26(5)21(31)15-8-6-7-9-16(15)23/h6-9,13-14H,10-12,24H2,1-5H3,(H,25,30,32). The highest BCUT2D eigenvalue weighted by molar-refractivity contribution is 6.33. The van der Waals surface area contributed by atoms with Crippen molar-refractivity contribution in [2.75, 3.05) is 30.8 Å². The van der Waals surface area contributed by atoms with Gasteiger partial charge in [-0.2, -0.15) is 0 Å². The largest absolute Gasteiger partial charge is 0.383 e. The number of nitrogens with two attached hydrogens (primary N) is 1. The maximum Gasteiger partial charge on any atom is 0.330 e. The Hall–Kier alpha value is -3.07. The van der Waals surface area contributed by atoms with Crippen LogP contribution in [0.4, 0.5) is 11.5 Å². The maximum atomic E-state index is 13.2. The third kappa shape index (κ3) is 5.79. The zero-order valence-electron chi connectivity index (χ0n) is 19.0. The van der Waals surface area contributed by atoms with Gasteiger partial charge >= 0.3 is 5.69 Å². The molecule has 9 nitrogen and oxygen atoms in total. The average Bonchev–Trinajstić information content (AvgIpc) is 2.69. The number of nitrogen functional groups attached to an aromatic ring is 1. The van der Waals surface area contributed by atoms with Crippen molar-refractivity contribution < 1.29 is 9.59 Å². The molecule has 2 amide bonds. The van der Waals surface area contributed by atoms with Crippen molar-refractivity contribution in [3.8, 4) is 0 Å². The molecule has 0 fully saturated rings. The SMILES string of the molecule is CC(C)CN(C(=O)CN(C)C(=O)c1ccccc1Cl)c1c(N)n(CC(C)C)c(=O)[nH]c1=O. The lowest BCUT2D eigenvalue weighted by Gasteiger charge is -2.28. The Balaban J connectivity index is 2.43. The molecule has 10 heteroatoms. The summed E-state index contributed by atoms with van der Waals surface area (Å²) in [6.45, 7) is 7.73. The quantitative estimate of drug-likeness (QED) is 0.621. The first-order chi connectivity index (χ1) is 14.9. The number of hydrogen-bond acceptors (Lipinski definition) is 5. The Labute approximate surface area is 191 Å². The van der Waals surface area contributed by atoms with Gasteiger partial charge in [0.25, 0.3) is 11.5 Å². The second-order valence-corrected chi connectivity index (χ2v) is 8.94. The highest BCUT2D eigenvalue weighted by Crippen LogP contribution is 2.21. The molecular formula is C22H30ClN5O4. The van der Waals surface area contributed by atoms with E-state index in [4.69, 9.17) is 17.3 Å². The Kier molecular flexibility index (Phi) is 8.26. The molecule has 0 aliphatic rings. The van der Waals surface area contributed by atoms with Crippen molar-refractivity contribution in [3.63, 3.8) is 0 Å². The summed E-state index contributed by atoms with van der Waals surface area (Å²) in [5.41, 5.74) is 4.99. The van der Waals surface area contributed by atoms with Crippen LogP contribution in [0.15, 0.2) is 33.9 Å². The van der Waals surface area contributed by atoms with Gasteiger partial charge in [0.1, 0.15) is 12.4 Å². The lowest BCUT2D eigenvalue weighted by Crippen LogP contribution is -2.47. The highest BCUT2D eigenvalue weighted by Gasteiger charge is 2.27. The van der Waals surface area contributed by atoms with Gasteiger partial charge in [-0.1, -0.05) is 51.4 Å². The predicted molar refractivity (Wildman–Crippen MR) is 126 cm³/mol. The van der Waals surface area contributed by atoms with Crippen molar-refractivity contribution in [2.24, 2.45) is 11.8 Å². The molecule has 0 bridgehead atoms. The molecule has 1 aromatic carbocycles. The van der Waals surface area contributed by atoms with Gasteiger partial charge in [-0.25, -0.2) is 4.79 Å². The number of benzene rings is 1. The summed E-state index contributed by atoms with van der Waals surface area (Å²) >= 11 is 6.11. The van der Waals surface area contributed by atoms with Crippen molar-refractivity contribution in [1.29, 1.82) is 0 Å². The van der Waals surface area contributed by atoms with E-state index in [1.807, 2.05) is 27.7 Å². The van der Waals surface area contributed by atoms with Gasteiger partial charge in [0, 0.05) is 20.1 Å². The molecule has 0 atom stereocenters. The molecule has 0 unspecified atom stereocenters. The molecular weight excluding hydrogens is 434 g/mol. The number of carbonyl (C=O) groups is 2. The van der Waals surface area contributed by atoms with Gasteiger partial charge in [0.15, 0.2) is 5.69 Å². The third-order valence-electron chi connectivity index (χ3n) is 4.70. The number of amides is 2. The van der Waals surface area contributed by atoms with E-state index in [0.717, 1.165) is 0 Å². The van der Waals surface area contributed by atoms with Crippen LogP contribution in [-0.4, -0.2) is 46.4 Å². The minimum atomic E-state index is -0.749. The Bertz CT molecular complexity index is 1110. The van der Waals surface area contributed by atoms with Gasteiger partial charge in [-0.3, -0.25) is 23.9 Å². The van der Waals surface area contributed by atoms with Crippen molar-refractivity contribution >= 4 is 34.9 Å². The number of rotatable bonds is 8. The van der Waals surface area contributed by atoms with Crippen LogP contribution in [0.5, 0.6) is 0 Å². The number of hydrogen-bond donors (Lipinski definition) is 2. The molecule has 1 aromatic heterocycles. The topological polar surface area (TPSA) is 121 Å². The van der Waals surface area contributed by atoms with E-state index in [1.54, 1.807) is 24.3 Å². The van der Waals surface area contributed by atoms with E-state index in [-0.39, 0.29) is 53.6 Å². The summed E-state index contributed by atoms with van der Waals surface area (Å²) < 4.78 is 1.25. The fourth-order valence-electron chi connectivity index (χ4n) is 3.27. The molecule has 2 rings (SSSR count). The predicted octanol–water partition coefficient (Wildman–Crippen LogP) is 2.19. The van der Waals surface area contributed by atoms with Crippen LogP contribution in [0.1, 0.15) is 38.1 Å². The molecule has 0 radical (unpaired) electrons. The summed E-state index contributed by atoms with van der Waals surface area (Å²) in [7, 11) is 1.48. The van der Waals surface area contributed by atoms with Crippen LogP contribution in [0, 0.1) is 11.8 Å². The zero-order valence-corrected chi connectivity index (χ0v) is 19.8. The summed E-state index contributed by atoms with van der Waals surface area (Å²) in [5.74, 6) is -0.939. The normalized spacial score (nSPS) is 11.1. The van der Waals surface area contributed by atoms with E-state index in [2.05, 4.69) is 4.98 Å². The van der Waals surface area contributed by atoms with Gasteiger partial charge in [-0.15, -0.1) is 0 Å². The lowest BCUT2D eigenvalue weighted by atomic mass is 10.1. The fraction of sp³-hybridized carbons (Fsp3) is 0.455. The second-order valence-electron chi connectivity index (χ2n) is 8.54. The molecule has 0 spiro atoms. The molecule has 174 valence electrons. The molecule has 0 aliphatic carbocycles. The Morgan fingerprint density at radius 1 is 1.12 bits per heavy atom.